The molecule has 26 heavy (non-hydrogen) atoms. The monoisotopic (exact) mass is 422 g/mol. The first kappa shape index (κ1) is 19.7. The summed E-state index contributed by atoms with van der Waals surface area (Å²) in [4.78, 5) is 22.9. The van der Waals surface area contributed by atoms with Crippen LogP contribution in [0.25, 0.3) is 0 Å². The Balaban J connectivity index is 1.46. The lowest BCUT2D eigenvalue weighted by atomic mass is 9.95. The van der Waals surface area contributed by atoms with E-state index in [4.69, 9.17) is 18.9 Å². The maximum absolute atomic E-state index is 13.1. The lowest BCUT2D eigenvalue weighted by molar-refractivity contribution is -0.433. The molecule has 15 heteroatoms. The minimum Gasteiger partial charge on any atom is -0.460 e. The summed E-state index contributed by atoms with van der Waals surface area (Å²) in [6.07, 6.45) is -3.33. The number of hydrogen-bond donors (Lipinski definition) is 1. The first-order valence-electron chi connectivity index (χ1n) is 7.14. The standard InChI is InChI=1S/C11H12F2O11S2/c12-11(13,25-24-23-16)10(15)19-2-1-6(14)21-7-4-3-5-8(20-4)9(7)26(17,18)22-5/h4-5,7-9,16H,1-3H2. The van der Waals surface area contributed by atoms with Crippen molar-refractivity contribution in [2.24, 2.45) is 0 Å². The van der Waals surface area contributed by atoms with Crippen molar-refractivity contribution in [1.82, 2.24) is 0 Å². The minimum absolute atomic E-state index is 0.254. The summed E-state index contributed by atoms with van der Waals surface area (Å²) in [5.74, 6) is -2.99. The van der Waals surface area contributed by atoms with Crippen molar-refractivity contribution in [2.45, 2.75) is 47.8 Å². The van der Waals surface area contributed by atoms with Crippen LogP contribution in [0.3, 0.4) is 0 Å². The molecule has 148 valence electrons. The molecular weight excluding hydrogens is 410 g/mol. The zero-order valence-corrected chi connectivity index (χ0v) is 14.2. The molecule has 3 rings (SSSR count). The van der Waals surface area contributed by atoms with Gasteiger partial charge in [0.15, 0.2) is 5.25 Å². The molecule has 5 atom stereocenters. The molecule has 5 unspecified atom stereocenters. The number of ether oxygens (including phenoxy) is 3. The lowest BCUT2D eigenvalue weighted by Crippen LogP contribution is -2.43. The number of esters is 2. The van der Waals surface area contributed by atoms with Gasteiger partial charge in [0.25, 0.3) is 10.1 Å². The highest BCUT2D eigenvalue weighted by Crippen LogP contribution is 2.47. The SMILES string of the molecule is O=C(CCOC(=O)C(F)(F)SOOO)OC1C2CC3OS(=O)(=O)C1C3O2. The van der Waals surface area contributed by atoms with Crippen LogP contribution in [0.2, 0.25) is 0 Å². The number of carbonyl (C=O) groups is 2. The Kier molecular flexibility index (Phi) is 5.40. The van der Waals surface area contributed by atoms with E-state index < -0.39 is 82.0 Å². The van der Waals surface area contributed by atoms with E-state index in [1.165, 1.54) is 0 Å². The van der Waals surface area contributed by atoms with Gasteiger partial charge in [-0.2, -0.15) is 17.2 Å². The molecule has 0 aromatic heterocycles. The van der Waals surface area contributed by atoms with Crippen LogP contribution in [0.4, 0.5) is 8.78 Å². The summed E-state index contributed by atoms with van der Waals surface area (Å²) >= 11 is -0.806. The fraction of sp³-hybridized carbons (Fsp3) is 0.818. The van der Waals surface area contributed by atoms with E-state index in [2.05, 4.69) is 14.1 Å². The zero-order chi connectivity index (χ0) is 19.1. The molecule has 2 bridgehead atoms. The Labute approximate surface area is 149 Å². The van der Waals surface area contributed by atoms with Gasteiger partial charge in [-0.3, -0.25) is 8.98 Å². The first-order valence-corrected chi connectivity index (χ1v) is 9.35. The average molecular weight is 422 g/mol. The van der Waals surface area contributed by atoms with Crippen molar-refractivity contribution in [1.29, 1.82) is 0 Å². The molecule has 0 saturated carbocycles. The highest BCUT2D eigenvalue weighted by atomic mass is 32.2. The van der Waals surface area contributed by atoms with E-state index >= 15 is 0 Å². The molecular formula is C11H12F2O11S2. The Morgan fingerprint density at radius 2 is 2.04 bits per heavy atom. The van der Waals surface area contributed by atoms with E-state index in [1.54, 1.807) is 0 Å². The third-order valence-corrected chi connectivity index (χ3v) is 6.21. The normalized spacial score (nSPS) is 34.0. The van der Waals surface area contributed by atoms with Crippen LogP contribution in [0.1, 0.15) is 12.8 Å². The van der Waals surface area contributed by atoms with Crippen LogP contribution in [-0.4, -0.2) is 67.1 Å². The van der Waals surface area contributed by atoms with Crippen LogP contribution in [0.15, 0.2) is 0 Å². The Morgan fingerprint density at radius 1 is 1.31 bits per heavy atom. The zero-order valence-electron chi connectivity index (χ0n) is 12.6. The second kappa shape index (κ2) is 7.14. The molecule has 1 N–H and O–H groups in total. The summed E-state index contributed by atoms with van der Waals surface area (Å²) in [6.45, 7) is -0.744. The summed E-state index contributed by atoms with van der Waals surface area (Å²) in [7, 11) is -3.92. The predicted molar refractivity (Wildman–Crippen MR) is 73.7 cm³/mol. The van der Waals surface area contributed by atoms with Crippen molar-refractivity contribution in [3.63, 3.8) is 0 Å². The first-order chi connectivity index (χ1) is 12.2. The molecule has 0 spiro atoms. The second-order valence-electron chi connectivity index (χ2n) is 5.55. The number of rotatable bonds is 8. The Hall–Kier alpha value is -1.10. The molecule has 0 aromatic rings. The molecule has 0 aliphatic carbocycles. The van der Waals surface area contributed by atoms with Gasteiger partial charge in [-0.25, -0.2) is 10.1 Å². The molecule has 3 heterocycles. The molecule has 0 amide bonds. The largest absolute Gasteiger partial charge is 0.460 e. The van der Waals surface area contributed by atoms with Crippen molar-refractivity contribution in [3.05, 3.63) is 0 Å². The quantitative estimate of drug-likeness (QED) is 0.181. The van der Waals surface area contributed by atoms with Crippen LogP contribution >= 0.6 is 12.0 Å². The fourth-order valence-electron chi connectivity index (χ4n) is 3.02. The van der Waals surface area contributed by atoms with Crippen LogP contribution < -0.4 is 0 Å². The Morgan fingerprint density at radius 3 is 2.73 bits per heavy atom. The van der Waals surface area contributed by atoms with Gasteiger partial charge in [-0.15, -0.1) is 4.33 Å². The van der Waals surface area contributed by atoms with Gasteiger partial charge >= 0.3 is 17.2 Å². The molecule has 3 fully saturated rings. The number of alkyl halides is 2. The minimum atomic E-state index is -4.19. The van der Waals surface area contributed by atoms with Crippen LogP contribution in [0.5, 0.6) is 0 Å². The molecule has 0 aromatic carbocycles. The van der Waals surface area contributed by atoms with E-state index in [0.717, 1.165) is 0 Å². The summed E-state index contributed by atoms with van der Waals surface area (Å²) in [6, 6.07) is 0. The van der Waals surface area contributed by atoms with E-state index in [9.17, 15) is 26.8 Å². The second-order valence-corrected chi connectivity index (χ2v) is 8.09. The van der Waals surface area contributed by atoms with Gasteiger partial charge in [-0.05, 0) is 0 Å². The number of halogens is 2. The summed E-state index contributed by atoms with van der Waals surface area (Å²) in [5, 5.41) is 5.40. The topological polar surface area (TPSA) is 144 Å². The molecule has 11 nitrogen and oxygen atoms in total. The van der Waals surface area contributed by atoms with Gasteiger partial charge in [0, 0.05) is 6.42 Å². The Bertz CT molecular complexity index is 682. The van der Waals surface area contributed by atoms with Crippen LogP contribution in [-0.2, 0) is 47.5 Å². The predicted octanol–water partition coefficient (Wildman–Crippen LogP) is -0.238. The van der Waals surface area contributed by atoms with Gasteiger partial charge in [0.1, 0.15) is 37.0 Å². The van der Waals surface area contributed by atoms with Gasteiger partial charge in [0.05, 0.1) is 12.5 Å². The third-order valence-electron chi connectivity index (χ3n) is 3.98. The highest BCUT2D eigenvalue weighted by Gasteiger charge is 2.67. The van der Waals surface area contributed by atoms with Crippen LogP contribution in [0, 0.1) is 0 Å². The molecule has 3 aliphatic heterocycles. The van der Waals surface area contributed by atoms with Crippen molar-refractivity contribution >= 4 is 34.1 Å². The number of carbonyl (C=O) groups excluding carboxylic acids is 2. The van der Waals surface area contributed by atoms with E-state index in [0.29, 0.717) is 0 Å². The van der Waals surface area contributed by atoms with E-state index in [1.807, 2.05) is 0 Å². The van der Waals surface area contributed by atoms with Gasteiger partial charge in [0.2, 0.25) is 0 Å². The smallest absolute Gasteiger partial charge is 0.415 e. The van der Waals surface area contributed by atoms with Crippen molar-refractivity contribution < 1.29 is 59.8 Å². The fourth-order valence-corrected chi connectivity index (χ4v) is 5.05. The average Bonchev–Trinajstić information content (AvgIpc) is 3.14. The van der Waals surface area contributed by atoms with Gasteiger partial charge in [-0.1, -0.05) is 5.04 Å². The highest BCUT2D eigenvalue weighted by molar-refractivity contribution is 7.96. The maximum atomic E-state index is 13.1. The molecule has 3 saturated heterocycles. The molecule has 0 radical (unpaired) electrons. The van der Waals surface area contributed by atoms with Crippen molar-refractivity contribution in [2.75, 3.05) is 6.61 Å². The third kappa shape index (κ3) is 3.64. The number of fused-ring (bicyclic) bond motifs is 1. The lowest BCUT2D eigenvalue weighted by Gasteiger charge is -2.21. The van der Waals surface area contributed by atoms with Gasteiger partial charge < -0.3 is 14.2 Å². The van der Waals surface area contributed by atoms with E-state index in [-0.39, 0.29) is 6.42 Å². The summed E-state index contributed by atoms with van der Waals surface area (Å²) in [5.41, 5.74) is 0. The van der Waals surface area contributed by atoms with Crippen molar-refractivity contribution in [3.8, 4) is 0 Å². The summed E-state index contributed by atoms with van der Waals surface area (Å²) < 4.78 is 73.0. The number of hydrogen-bond acceptors (Lipinski definition) is 12. The molecule has 3 aliphatic rings. The maximum Gasteiger partial charge on any atom is 0.415 e.